The van der Waals surface area contributed by atoms with Crippen molar-refractivity contribution in [2.24, 2.45) is 0 Å². The maximum absolute atomic E-state index is 12.3. The van der Waals surface area contributed by atoms with Gasteiger partial charge in [0.2, 0.25) is 17.6 Å². The van der Waals surface area contributed by atoms with E-state index < -0.39 is 0 Å². The number of carbonyl (C=O) groups is 1. The third kappa shape index (κ3) is 4.92. The number of benzene rings is 1. The van der Waals surface area contributed by atoms with Crippen molar-refractivity contribution < 1.29 is 9.32 Å². The second-order valence-corrected chi connectivity index (χ2v) is 8.34. The average Bonchev–Trinajstić information content (AvgIpc) is 3.30. The number of hydrogen-bond donors (Lipinski definition) is 0. The van der Waals surface area contributed by atoms with E-state index in [9.17, 15) is 4.79 Å². The SMILES string of the molecule is CN(Cc1nc(-c2cccs2)no1)C(=O)/C=C/c1ccc(C(C)(C)C)cc1. The van der Waals surface area contributed by atoms with Gasteiger partial charge in [-0.25, -0.2) is 0 Å². The van der Waals surface area contributed by atoms with Crippen LogP contribution in [0.4, 0.5) is 0 Å². The van der Waals surface area contributed by atoms with Crippen LogP contribution in [0, 0.1) is 0 Å². The fraction of sp³-hybridized carbons (Fsp3) is 0.286. The largest absolute Gasteiger partial charge is 0.337 e. The van der Waals surface area contributed by atoms with Gasteiger partial charge < -0.3 is 9.42 Å². The fourth-order valence-electron chi connectivity index (χ4n) is 2.49. The molecule has 1 amide bonds. The zero-order valence-electron chi connectivity index (χ0n) is 16.0. The molecule has 0 aliphatic carbocycles. The van der Waals surface area contributed by atoms with Gasteiger partial charge in [0.1, 0.15) is 0 Å². The standard InChI is InChI=1S/C21H23N3O2S/c1-21(2,3)16-10-7-15(8-11-16)9-12-19(25)24(4)14-18-22-20(23-26-18)17-6-5-13-27-17/h5-13H,14H2,1-4H3/b12-9+. The van der Waals surface area contributed by atoms with E-state index in [2.05, 4.69) is 43.0 Å². The van der Waals surface area contributed by atoms with E-state index in [1.807, 2.05) is 35.7 Å². The third-order valence-corrected chi connectivity index (χ3v) is 5.02. The van der Waals surface area contributed by atoms with Crippen LogP contribution in [0.2, 0.25) is 0 Å². The number of aromatic nitrogens is 2. The molecule has 27 heavy (non-hydrogen) atoms. The summed E-state index contributed by atoms with van der Waals surface area (Å²) in [4.78, 5) is 19.2. The second kappa shape index (κ2) is 7.88. The van der Waals surface area contributed by atoms with Gasteiger partial charge in [-0.3, -0.25) is 4.79 Å². The zero-order chi connectivity index (χ0) is 19.4. The molecule has 0 saturated carbocycles. The molecule has 0 fully saturated rings. The fourth-order valence-corrected chi connectivity index (χ4v) is 3.14. The molecule has 0 atom stereocenters. The van der Waals surface area contributed by atoms with Gasteiger partial charge in [0.25, 0.3) is 0 Å². The Morgan fingerprint density at radius 2 is 1.96 bits per heavy atom. The lowest BCUT2D eigenvalue weighted by Gasteiger charge is -2.18. The molecule has 0 spiro atoms. The summed E-state index contributed by atoms with van der Waals surface area (Å²) >= 11 is 1.55. The van der Waals surface area contributed by atoms with Crippen molar-refractivity contribution in [1.29, 1.82) is 0 Å². The normalized spacial score (nSPS) is 11.9. The van der Waals surface area contributed by atoms with Crippen molar-refractivity contribution in [2.45, 2.75) is 32.7 Å². The topological polar surface area (TPSA) is 59.2 Å². The molecule has 2 aromatic heterocycles. The average molecular weight is 382 g/mol. The molecule has 0 aliphatic rings. The smallest absolute Gasteiger partial charge is 0.246 e. The quantitative estimate of drug-likeness (QED) is 0.598. The first kappa shape index (κ1) is 19.0. The predicted octanol–water partition coefficient (Wildman–Crippen LogP) is 4.77. The summed E-state index contributed by atoms with van der Waals surface area (Å²) in [6.45, 7) is 6.80. The molecule has 0 bridgehead atoms. The van der Waals surface area contributed by atoms with Gasteiger partial charge in [0.05, 0.1) is 11.4 Å². The molecule has 0 N–H and O–H groups in total. The third-order valence-electron chi connectivity index (χ3n) is 4.15. The van der Waals surface area contributed by atoms with E-state index in [1.165, 1.54) is 5.56 Å². The van der Waals surface area contributed by atoms with Crippen molar-refractivity contribution in [3.05, 3.63) is 64.9 Å². The summed E-state index contributed by atoms with van der Waals surface area (Å²) in [5.41, 5.74) is 2.37. The summed E-state index contributed by atoms with van der Waals surface area (Å²) in [5, 5.41) is 5.92. The van der Waals surface area contributed by atoms with Crippen LogP contribution < -0.4 is 0 Å². The summed E-state index contributed by atoms with van der Waals surface area (Å²) in [6, 6.07) is 12.1. The van der Waals surface area contributed by atoms with Crippen molar-refractivity contribution >= 4 is 23.3 Å². The number of nitrogens with zero attached hydrogens (tertiary/aromatic N) is 3. The van der Waals surface area contributed by atoms with Crippen LogP contribution in [0.25, 0.3) is 16.8 Å². The van der Waals surface area contributed by atoms with E-state index in [-0.39, 0.29) is 17.9 Å². The Morgan fingerprint density at radius 1 is 1.22 bits per heavy atom. The highest BCUT2D eigenvalue weighted by Crippen LogP contribution is 2.23. The van der Waals surface area contributed by atoms with Crippen molar-refractivity contribution in [3.8, 4) is 10.7 Å². The van der Waals surface area contributed by atoms with Crippen LogP contribution in [0.3, 0.4) is 0 Å². The van der Waals surface area contributed by atoms with Gasteiger partial charge in [-0.05, 0) is 34.1 Å². The first-order chi connectivity index (χ1) is 12.8. The van der Waals surface area contributed by atoms with Crippen LogP contribution >= 0.6 is 11.3 Å². The first-order valence-corrected chi connectivity index (χ1v) is 9.61. The zero-order valence-corrected chi connectivity index (χ0v) is 16.8. The number of carbonyl (C=O) groups excluding carboxylic acids is 1. The van der Waals surface area contributed by atoms with Gasteiger partial charge in [-0.1, -0.05) is 56.3 Å². The van der Waals surface area contributed by atoms with Crippen LogP contribution in [0.1, 0.15) is 37.8 Å². The Bertz CT molecular complexity index is 919. The monoisotopic (exact) mass is 381 g/mol. The number of rotatable bonds is 5. The molecule has 140 valence electrons. The van der Waals surface area contributed by atoms with Gasteiger partial charge in [-0.15, -0.1) is 11.3 Å². The van der Waals surface area contributed by atoms with E-state index in [0.29, 0.717) is 11.7 Å². The van der Waals surface area contributed by atoms with Gasteiger partial charge in [0, 0.05) is 13.1 Å². The Kier molecular flexibility index (Phi) is 5.56. The maximum Gasteiger partial charge on any atom is 0.246 e. The van der Waals surface area contributed by atoms with E-state index in [1.54, 1.807) is 29.4 Å². The highest BCUT2D eigenvalue weighted by Gasteiger charge is 2.14. The second-order valence-electron chi connectivity index (χ2n) is 7.39. The molecule has 3 aromatic rings. The Hall–Kier alpha value is -2.73. The molecular formula is C21H23N3O2S. The summed E-state index contributed by atoms with van der Waals surface area (Å²) in [6.07, 6.45) is 3.37. The summed E-state index contributed by atoms with van der Waals surface area (Å²) in [7, 11) is 1.71. The Balaban J connectivity index is 1.60. The lowest BCUT2D eigenvalue weighted by Crippen LogP contribution is -2.24. The summed E-state index contributed by atoms with van der Waals surface area (Å²) in [5.74, 6) is 0.846. The van der Waals surface area contributed by atoms with Crippen LogP contribution in [-0.4, -0.2) is 28.0 Å². The molecule has 2 heterocycles. The number of likely N-dealkylation sites (N-methyl/N-ethyl adjacent to an activating group) is 1. The van der Waals surface area contributed by atoms with Crippen LogP contribution in [0.15, 0.2) is 52.4 Å². The molecule has 0 aliphatic heterocycles. The highest BCUT2D eigenvalue weighted by atomic mass is 32.1. The predicted molar refractivity (Wildman–Crippen MR) is 108 cm³/mol. The minimum Gasteiger partial charge on any atom is -0.337 e. The van der Waals surface area contributed by atoms with Gasteiger partial charge in [0.15, 0.2) is 0 Å². The highest BCUT2D eigenvalue weighted by molar-refractivity contribution is 7.13. The van der Waals surface area contributed by atoms with Gasteiger partial charge >= 0.3 is 0 Å². The molecule has 3 rings (SSSR count). The summed E-state index contributed by atoms with van der Waals surface area (Å²) < 4.78 is 5.24. The van der Waals surface area contributed by atoms with Gasteiger partial charge in [-0.2, -0.15) is 4.98 Å². The van der Waals surface area contributed by atoms with Crippen molar-refractivity contribution in [3.63, 3.8) is 0 Å². The maximum atomic E-state index is 12.3. The van der Waals surface area contributed by atoms with E-state index in [4.69, 9.17) is 4.52 Å². The molecule has 0 saturated heterocycles. The number of thiophene rings is 1. The molecule has 0 unspecified atom stereocenters. The van der Waals surface area contributed by atoms with E-state index in [0.717, 1.165) is 10.4 Å². The molecule has 6 heteroatoms. The lowest BCUT2D eigenvalue weighted by molar-refractivity contribution is -0.125. The Labute approximate surface area is 163 Å². The first-order valence-electron chi connectivity index (χ1n) is 8.73. The van der Waals surface area contributed by atoms with Crippen molar-refractivity contribution in [2.75, 3.05) is 7.05 Å². The number of amides is 1. The molecule has 0 radical (unpaired) electrons. The lowest BCUT2D eigenvalue weighted by atomic mass is 9.87. The molecule has 1 aromatic carbocycles. The molecule has 5 nitrogen and oxygen atoms in total. The minimum atomic E-state index is -0.120. The van der Waals surface area contributed by atoms with Crippen LogP contribution in [-0.2, 0) is 16.8 Å². The molecular weight excluding hydrogens is 358 g/mol. The van der Waals surface area contributed by atoms with E-state index >= 15 is 0 Å². The number of hydrogen-bond acceptors (Lipinski definition) is 5. The van der Waals surface area contributed by atoms with Crippen molar-refractivity contribution in [1.82, 2.24) is 15.0 Å². The minimum absolute atomic E-state index is 0.115. The Morgan fingerprint density at radius 3 is 2.59 bits per heavy atom. The van der Waals surface area contributed by atoms with Crippen LogP contribution in [0.5, 0.6) is 0 Å².